The molecule has 0 unspecified atom stereocenters. The summed E-state index contributed by atoms with van der Waals surface area (Å²) in [4.78, 5) is 13.9. The number of rotatable bonds is 3. The summed E-state index contributed by atoms with van der Waals surface area (Å²) < 4.78 is 0. The van der Waals surface area contributed by atoms with Crippen molar-refractivity contribution in [1.29, 1.82) is 0 Å². The molecule has 0 aliphatic carbocycles. The minimum absolute atomic E-state index is 0.0406. The van der Waals surface area contributed by atoms with Gasteiger partial charge in [0.05, 0.1) is 0 Å². The standard InChI is InChI=1S/C14H21N3O/c1-15-13-8-5-9-17(11-13)14(18)16-10-12-6-3-2-4-7-12/h2-4,6-7,13,15H,5,8-11H2,1H3,(H,16,18)/t13-/m0/s1. The van der Waals surface area contributed by atoms with E-state index in [1.165, 1.54) is 0 Å². The lowest BCUT2D eigenvalue weighted by molar-refractivity contribution is 0.174. The zero-order valence-corrected chi connectivity index (χ0v) is 10.9. The van der Waals surface area contributed by atoms with Gasteiger partial charge < -0.3 is 15.5 Å². The number of carbonyl (C=O) groups is 1. The van der Waals surface area contributed by atoms with E-state index < -0.39 is 0 Å². The van der Waals surface area contributed by atoms with Gasteiger partial charge in [-0.3, -0.25) is 0 Å². The van der Waals surface area contributed by atoms with Crippen LogP contribution in [0.3, 0.4) is 0 Å². The molecule has 2 N–H and O–H groups in total. The normalized spacial score (nSPS) is 19.6. The number of hydrogen-bond donors (Lipinski definition) is 2. The molecule has 18 heavy (non-hydrogen) atoms. The van der Waals surface area contributed by atoms with Gasteiger partial charge in [-0.2, -0.15) is 0 Å². The van der Waals surface area contributed by atoms with E-state index >= 15 is 0 Å². The van der Waals surface area contributed by atoms with Gasteiger partial charge in [0, 0.05) is 25.7 Å². The third-order valence-electron chi connectivity index (χ3n) is 3.40. The van der Waals surface area contributed by atoms with Gasteiger partial charge in [0.25, 0.3) is 0 Å². The first-order valence-corrected chi connectivity index (χ1v) is 6.53. The first-order chi connectivity index (χ1) is 8.79. The van der Waals surface area contributed by atoms with Crippen molar-refractivity contribution in [2.24, 2.45) is 0 Å². The Hall–Kier alpha value is -1.55. The molecule has 2 rings (SSSR count). The summed E-state index contributed by atoms with van der Waals surface area (Å²) in [6, 6.07) is 10.5. The second-order valence-corrected chi connectivity index (χ2v) is 4.72. The summed E-state index contributed by atoms with van der Waals surface area (Å²) in [6.07, 6.45) is 2.23. The highest BCUT2D eigenvalue weighted by molar-refractivity contribution is 5.74. The van der Waals surface area contributed by atoms with Gasteiger partial charge in [0.2, 0.25) is 0 Å². The molecule has 1 heterocycles. The Labute approximate surface area is 108 Å². The molecular formula is C14H21N3O. The van der Waals surface area contributed by atoms with E-state index in [-0.39, 0.29) is 6.03 Å². The molecule has 1 fully saturated rings. The zero-order chi connectivity index (χ0) is 12.8. The van der Waals surface area contributed by atoms with Crippen LogP contribution in [-0.4, -0.2) is 37.1 Å². The van der Waals surface area contributed by atoms with Gasteiger partial charge in [-0.1, -0.05) is 30.3 Å². The van der Waals surface area contributed by atoms with Crippen molar-refractivity contribution in [2.75, 3.05) is 20.1 Å². The Bertz CT molecular complexity index is 380. The number of likely N-dealkylation sites (N-methyl/N-ethyl adjacent to an activating group) is 1. The number of likely N-dealkylation sites (tertiary alicyclic amines) is 1. The number of nitrogens with one attached hydrogen (secondary N) is 2. The Morgan fingerprint density at radius 3 is 2.89 bits per heavy atom. The summed E-state index contributed by atoms with van der Waals surface area (Å²) >= 11 is 0. The Morgan fingerprint density at radius 1 is 1.39 bits per heavy atom. The van der Waals surface area contributed by atoms with Crippen LogP contribution in [0.5, 0.6) is 0 Å². The van der Waals surface area contributed by atoms with Crippen LogP contribution < -0.4 is 10.6 Å². The monoisotopic (exact) mass is 247 g/mol. The molecule has 4 nitrogen and oxygen atoms in total. The first-order valence-electron chi connectivity index (χ1n) is 6.53. The number of amides is 2. The minimum atomic E-state index is 0.0406. The molecule has 0 radical (unpaired) electrons. The molecular weight excluding hydrogens is 226 g/mol. The number of nitrogens with zero attached hydrogens (tertiary/aromatic N) is 1. The largest absolute Gasteiger partial charge is 0.334 e. The van der Waals surface area contributed by atoms with Crippen LogP contribution in [-0.2, 0) is 6.54 Å². The smallest absolute Gasteiger partial charge is 0.317 e. The highest BCUT2D eigenvalue weighted by atomic mass is 16.2. The Kier molecular flexibility index (Phi) is 4.59. The molecule has 2 amide bonds. The average Bonchev–Trinajstić information content (AvgIpc) is 2.46. The van der Waals surface area contributed by atoms with Crippen LogP contribution in [0.4, 0.5) is 4.79 Å². The van der Waals surface area contributed by atoms with E-state index in [1.54, 1.807) is 0 Å². The lowest BCUT2D eigenvalue weighted by atomic mass is 10.1. The molecule has 0 bridgehead atoms. The fourth-order valence-corrected chi connectivity index (χ4v) is 2.28. The molecule has 1 atom stereocenters. The van der Waals surface area contributed by atoms with Crippen molar-refractivity contribution in [3.8, 4) is 0 Å². The van der Waals surface area contributed by atoms with Gasteiger partial charge in [0.1, 0.15) is 0 Å². The topological polar surface area (TPSA) is 44.4 Å². The van der Waals surface area contributed by atoms with Gasteiger partial charge in [-0.05, 0) is 25.5 Å². The molecule has 0 spiro atoms. The van der Waals surface area contributed by atoms with Crippen LogP contribution in [0.2, 0.25) is 0 Å². The predicted molar refractivity (Wildman–Crippen MR) is 72.3 cm³/mol. The number of piperidine rings is 1. The fourth-order valence-electron chi connectivity index (χ4n) is 2.28. The highest BCUT2D eigenvalue weighted by Gasteiger charge is 2.21. The van der Waals surface area contributed by atoms with Crippen molar-refractivity contribution in [3.05, 3.63) is 35.9 Å². The molecule has 1 saturated heterocycles. The van der Waals surface area contributed by atoms with E-state index in [0.29, 0.717) is 12.6 Å². The second-order valence-electron chi connectivity index (χ2n) is 4.72. The third kappa shape index (κ3) is 3.47. The minimum Gasteiger partial charge on any atom is -0.334 e. The molecule has 98 valence electrons. The summed E-state index contributed by atoms with van der Waals surface area (Å²) in [5, 5.41) is 6.21. The van der Waals surface area contributed by atoms with E-state index in [4.69, 9.17) is 0 Å². The lowest BCUT2D eigenvalue weighted by Crippen LogP contribution is -2.50. The van der Waals surface area contributed by atoms with Gasteiger partial charge in [0.15, 0.2) is 0 Å². The van der Waals surface area contributed by atoms with Crippen molar-refractivity contribution in [3.63, 3.8) is 0 Å². The van der Waals surface area contributed by atoms with E-state index in [0.717, 1.165) is 31.5 Å². The molecule has 0 saturated carbocycles. The van der Waals surface area contributed by atoms with Gasteiger partial charge in [-0.25, -0.2) is 4.79 Å². The van der Waals surface area contributed by atoms with Crippen LogP contribution >= 0.6 is 0 Å². The summed E-state index contributed by atoms with van der Waals surface area (Å²) in [5.41, 5.74) is 1.13. The Morgan fingerprint density at radius 2 is 2.17 bits per heavy atom. The molecule has 1 aliphatic rings. The summed E-state index contributed by atoms with van der Waals surface area (Å²) in [5.74, 6) is 0. The predicted octanol–water partition coefficient (Wildman–Crippen LogP) is 1.58. The third-order valence-corrected chi connectivity index (χ3v) is 3.40. The van der Waals surface area contributed by atoms with Crippen LogP contribution in [0.25, 0.3) is 0 Å². The maximum absolute atomic E-state index is 12.0. The quantitative estimate of drug-likeness (QED) is 0.851. The number of hydrogen-bond acceptors (Lipinski definition) is 2. The summed E-state index contributed by atoms with van der Waals surface area (Å²) in [7, 11) is 1.95. The van der Waals surface area contributed by atoms with Gasteiger partial charge >= 0.3 is 6.03 Å². The zero-order valence-electron chi connectivity index (χ0n) is 10.9. The van der Waals surface area contributed by atoms with Crippen molar-refractivity contribution >= 4 is 6.03 Å². The van der Waals surface area contributed by atoms with Crippen molar-refractivity contribution in [1.82, 2.24) is 15.5 Å². The van der Waals surface area contributed by atoms with E-state index in [2.05, 4.69) is 10.6 Å². The number of benzene rings is 1. The Balaban J connectivity index is 1.81. The first kappa shape index (κ1) is 12.9. The molecule has 0 aromatic heterocycles. The maximum atomic E-state index is 12.0. The highest BCUT2D eigenvalue weighted by Crippen LogP contribution is 2.09. The van der Waals surface area contributed by atoms with Crippen LogP contribution in [0.1, 0.15) is 18.4 Å². The molecule has 4 heteroatoms. The number of carbonyl (C=O) groups excluding carboxylic acids is 1. The van der Waals surface area contributed by atoms with Gasteiger partial charge in [-0.15, -0.1) is 0 Å². The maximum Gasteiger partial charge on any atom is 0.317 e. The lowest BCUT2D eigenvalue weighted by Gasteiger charge is -2.32. The van der Waals surface area contributed by atoms with Crippen molar-refractivity contribution in [2.45, 2.75) is 25.4 Å². The SMILES string of the molecule is CN[C@H]1CCCN(C(=O)NCc2ccccc2)C1. The van der Waals surface area contributed by atoms with E-state index in [1.807, 2.05) is 42.3 Å². The molecule has 1 aromatic rings. The van der Waals surface area contributed by atoms with E-state index in [9.17, 15) is 4.79 Å². The van der Waals surface area contributed by atoms with Crippen LogP contribution in [0, 0.1) is 0 Å². The molecule has 1 aromatic carbocycles. The molecule has 1 aliphatic heterocycles. The number of urea groups is 1. The van der Waals surface area contributed by atoms with Crippen LogP contribution in [0.15, 0.2) is 30.3 Å². The second kappa shape index (κ2) is 6.40. The summed E-state index contributed by atoms with van der Waals surface area (Å²) in [6.45, 7) is 2.26. The fraction of sp³-hybridized carbons (Fsp3) is 0.500. The van der Waals surface area contributed by atoms with Crippen molar-refractivity contribution < 1.29 is 4.79 Å². The average molecular weight is 247 g/mol.